The molecule has 0 aliphatic heterocycles. The summed E-state index contributed by atoms with van der Waals surface area (Å²) in [5, 5.41) is 6.39. The molecule has 1 unspecified atom stereocenters. The smallest absolute Gasteiger partial charge is 0.270 e. The van der Waals surface area contributed by atoms with Gasteiger partial charge in [-0.15, -0.1) is 11.3 Å². The summed E-state index contributed by atoms with van der Waals surface area (Å²) in [5.41, 5.74) is 7.01. The largest absolute Gasteiger partial charge is 0.349 e. The molecule has 1 heterocycles. The van der Waals surface area contributed by atoms with Gasteiger partial charge in [0.05, 0.1) is 11.0 Å². The van der Waals surface area contributed by atoms with Crippen molar-refractivity contribution in [3.63, 3.8) is 0 Å². The first-order chi connectivity index (χ1) is 12.1. The Morgan fingerprint density at radius 3 is 2.72 bits per heavy atom. The van der Waals surface area contributed by atoms with Crippen molar-refractivity contribution in [1.29, 1.82) is 0 Å². The predicted molar refractivity (Wildman–Crippen MR) is 104 cm³/mol. The highest BCUT2D eigenvalue weighted by atomic mass is 35.5. The van der Waals surface area contributed by atoms with Gasteiger partial charge in [0.1, 0.15) is 5.69 Å². The standard InChI is InChI=1S/C18H25ClN4OS/c1-3-23(4-2)16(13-7-5-6-8-14(13)19)11-21-18(24)15-12-25-17(22-15)9-10-20/h5-8,12,16H,3-4,9-11,20H2,1-2H3,(H,21,24). The molecule has 2 rings (SSSR count). The van der Waals surface area contributed by atoms with Crippen molar-refractivity contribution >= 4 is 28.8 Å². The van der Waals surface area contributed by atoms with Crippen LogP contribution < -0.4 is 11.1 Å². The minimum absolute atomic E-state index is 0.0230. The highest BCUT2D eigenvalue weighted by molar-refractivity contribution is 7.09. The molecular weight excluding hydrogens is 356 g/mol. The van der Waals surface area contributed by atoms with Crippen LogP contribution in [-0.2, 0) is 6.42 Å². The lowest BCUT2D eigenvalue weighted by atomic mass is 10.0. The second-order valence-electron chi connectivity index (χ2n) is 5.63. The number of amides is 1. The van der Waals surface area contributed by atoms with Gasteiger partial charge in [-0.25, -0.2) is 4.98 Å². The first kappa shape index (κ1) is 19.8. The number of likely N-dealkylation sites (N-methyl/N-ethyl adjacent to an activating group) is 1. The van der Waals surface area contributed by atoms with Crippen LogP contribution in [0.5, 0.6) is 0 Å². The van der Waals surface area contributed by atoms with Crippen LogP contribution >= 0.6 is 22.9 Å². The fourth-order valence-corrected chi connectivity index (χ4v) is 3.83. The summed E-state index contributed by atoms with van der Waals surface area (Å²) in [4.78, 5) is 19.1. The number of halogens is 1. The zero-order valence-electron chi connectivity index (χ0n) is 14.7. The minimum atomic E-state index is -0.163. The van der Waals surface area contributed by atoms with Crippen molar-refractivity contribution in [1.82, 2.24) is 15.2 Å². The first-order valence-corrected chi connectivity index (χ1v) is 9.77. The third-order valence-corrected chi connectivity index (χ3v) is 5.37. The predicted octanol–water partition coefficient (Wildman–Crippen LogP) is 3.11. The number of nitrogens with two attached hydrogens (primary N) is 1. The van der Waals surface area contributed by atoms with E-state index in [9.17, 15) is 4.79 Å². The van der Waals surface area contributed by atoms with Gasteiger partial charge in [0, 0.05) is 23.4 Å². The molecule has 0 fully saturated rings. The molecule has 7 heteroatoms. The lowest BCUT2D eigenvalue weighted by Crippen LogP contribution is -2.38. The van der Waals surface area contributed by atoms with Gasteiger partial charge in [-0.1, -0.05) is 43.6 Å². The van der Waals surface area contributed by atoms with Crippen molar-refractivity contribution in [3.05, 3.63) is 50.9 Å². The summed E-state index contributed by atoms with van der Waals surface area (Å²) in [6.07, 6.45) is 0.694. The fourth-order valence-electron chi connectivity index (χ4n) is 2.78. The number of carbonyl (C=O) groups excluding carboxylic acids is 1. The van der Waals surface area contributed by atoms with E-state index in [2.05, 4.69) is 29.0 Å². The highest BCUT2D eigenvalue weighted by Crippen LogP contribution is 2.27. The molecular formula is C18H25ClN4OS. The molecule has 0 saturated heterocycles. The van der Waals surface area contributed by atoms with Gasteiger partial charge in [-0.3, -0.25) is 9.69 Å². The second-order valence-corrected chi connectivity index (χ2v) is 6.98. The molecule has 0 bridgehead atoms. The Hall–Kier alpha value is -1.47. The summed E-state index contributed by atoms with van der Waals surface area (Å²) < 4.78 is 0. The Balaban J connectivity index is 2.11. The van der Waals surface area contributed by atoms with Gasteiger partial charge in [-0.05, 0) is 31.3 Å². The van der Waals surface area contributed by atoms with Crippen LogP contribution in [0.15, 0.2) is 29.6 Å². The molecule has 0 aliphatic rings. The van der Waals surface area contributed by atoms with Crippen LogP contribution in [-0.4, -0.2) is 42.0 Å². The number of nitrogens with zero attached hydrogens (tertiary/aromatic N) is 2. The fraction of sp³-hybridized carbons (Fsp3) is 0.444. The summed E-state index contributed by atoms with van der Waals surface area (Å²) >= 11 is 7.85. The van der Waals surface area contributed by atoms with E-state index < -0.39 is 0 Å². The average Bonchev–Trinajstić information content (AvgIpc) is 3.08. The van der Waals surface area contributed by atoms with Crippen LogP contribution in [0, 0.1) is 0 Å². The van der Waals surface area contributed by atoms with Gasteiger partial charge in [-0.2, -0.15) is 0 Å². The molecule has 1 aromatic heterocycles. The van der Waals surface area contributed by atoms with Gasteiger partial charge in [0.25, 0.3) is 5.91 Å². The summed E-state index contributed by atoms with van der Waals surface area (Å²) in [7, 11) is 0. The van der Waals surface area contributed by atoms with E-state index in [1.165, 1.54) is 11.3 Å². The molecule has 5 nitrogen and oxygen atoms in total. The van der Waals surface area contributed by atoms with Crippen molar-refractivity contribution < 1.29 is 4.79 Å². The lowest BCUT2D eigenvalue weighted by molar-refractivity contribution is 0.0930. The molecule has 1 atom stereocenters. The van der Waals surface area contributed by atoms with E-state index in [1.807, 2.05) is 24.3 Å². The SMILES string of the molecule is CCN(CC)C(CNC(=O)c1csc(CCN)n1)c1ccccc1Cl. The zero-order chi connectivity index (χ0) is 18.2. The van der Waals surface area contributed by atoms with Crippen molar-refractivity contribution in [2.24, 2.45) is 5.73 Å². The monoisotopic (exact) mass is 380 g/mol. The van der Waals surface area contributed by atoms with E-state index in [4.69, 9.17) is 17.3 Å². The van der Waals surface area contributed by atoms with E-state index >= 15 is 0 Å². The molecule has 0 radical (unpaired) electrons. The van der Waals surface area contributed by atoms with Crippen LogP contribution in [0.2, 0.25) is 5.02 Å². The van der Waals surface area contributed by atoms with E-state index in [-0.39, 0.29) is 11.9 Å². The highest BCUT2D eigenvalue weighted by Gasteiger charge is 2.21. The second kappa shape index (κ2) is 9.87. The maximum absolute atomic E-state index is 12.4. The number of aromatic nitrogens is 1. The zero-order valence-corrected chi connectivity index (χ0v) is 16.2. The number of nitrogens with one attached hydrogen (secondary N) is 1. The molecule has 136 valence electrons. The molecule has 2 aromatic rings. The molecule has 1 amide bonds. The van der Waals surface area contributed by atoms with Crippen LogP contribution in [0.3, 0.4) is 0 Å². The number of benzene rings is 1. The van der Waals surface area contributed by atoms with Crippen molar-refractivity contribution in [2.45, 2.75) is 26.3 Å². The molecule has 0 aliphatic carbocycles. The number of rotatable bonds is 9. The maximum Gasteiger partial charge on any atom is 0.270 e. The maximum atomic E-state index is 12.4. The Morgan fingerprint density at radius 1 is 1.36 bits per heavy atom. The van der Waals surface area contributed by atoms with Crippen LogP contribution in [0.1, 0.15) is 40.9 Å². The van der Waals surface area contributed by atoms with E-state index in [1.54, 1.807) is 5.38 Å². The first-order valence-electron chi connectivity index (χ1n) is 8.51. The number of carbonyl (C=O) groups is 1. The molecule has 3 N–H and O–H groups in total. The van der Waals surface area contributed by atoms with Gasteiger partial charge in [0.2, 0.25) is 0 Å². The third-order valence-electron chi connectivity index (χ3n) is 4.12. The van der Waals surface area contributed by atoms with Crippen molar-refractivity contribution in [3.8, 4) is 0 Å². The van der Waals surface area contributed by atoms with E-state index in [0.29, 0.717) is 30.2 Å². The lowest BCUT2D eigenvalue weighted by Gasteiger charge is -2.30. The summed E-state index contributed by atoms with van der Waals surface area (Å²) in [6, 6.07) is 7.81. The minimum Gasteiger partial charge on any atom is -0.349 e. The Morgan fingerprint density at radius 2 is 2.08 bits per heavy atom. The van der Waals surface area contributed by atoms with Crippen molar-refractivity contribution in [2.75, 3.05) is 26.2 Å². The van der Waals surface area contributed by atoms with Gasteiger partial charge in [0.15, 0.2) is 0 Å². The molecule has 1 aromatic carbocycles. The summed E-state index contributed by atoms with van der Waals surface area (Å²) in [6.45, 7) is 6.97. The number of thiazole rings is 1. The van der Waals surface area contributed by atoms with Gasteiger partial charge >= 0.3 is 0 Å². The molecule has 25 heavy (non-hydrogen) atoms. The Labute approximate surface area is 158 Å². The summed E-state index contributed by atoms with van der Waals surface area (Å²) in [5.74, 6) is -0.163. The Bertz CT molecular complexity index is 687. The van der Waals surface area contributed by atoms with Crippen LogP contribution in [0.25, 0.3) is 0 Å². The molecule has 0 spiro atoms. The average molecular weight is 381 g/mol. The van der Waals surface area contributed by atoms with Gasteiger partial charge < -0.3 is 11.1 Å². The van der Waals surface area contributed by atoms with Crippen LogP contribution in [0.4, 0.5) is 0 Å². The number of hydrogen-bond acceptors (Lipinski definition) is 5. The third kappa shape index (κ3) is 5.25. The quantitative estimate of drug-likeness (QED) is 0.701. The van der Waals surface area contributed by atoms with E-state index in [0.717, 1.165) is 23.7 Å². The number of hydrogen-bond donors (Lipinski definition) is 2. The normalized spacial score (nSPS) is 12.4. The Kier molecular flexibility index (Phi) is 7.84. The topological polar surface area (TPSA) is 71.2 Å². The molecule has 0 saturated carbocycles.